The van der Waals surface area contributed by atoms with Gasteiger partial charge in [0.15, 0.2) is 23.3 Å². The molecule has 0 bridgehead atoms. The summed E-state index contributed by atoms with van der Waals surface area (Å²) in [5, 5.41) is 8.02. The molecule has 2 aromatic rings. The number of benzene rings is 1. The van der Waals surface area contributed by atoms with Gasteiger partial charge >= 0.3 is 6.18 Å². The number of halogens is 7. The fourth-order valence-electron chi connectivity index (χ4n) is 1.29. The second-order valence-corrected chi connectivity index (χ2v) is 4.54. The zero-order valence-electron chi connectivity index (χ0n) is 9.03. The lowest BCUT2D eigenvalue weighted by Crippen LogP contribution is -2.10. The Kier molecular flexibility index (Phi) is 3.36. The Labute approximate surface area is 109 Å². The van der Waals surface area contributed by atoms with Crippen LogP contribution in [0, 0.1) is 23.3 Å². The van der Waals surface area contributed by atoms with Gasteiger partial charge in [0.2, 0.25) is 5.76 Å². The number of fused-ring (bicyclic) bond motifs is 1. The van der Waals surface area contributed by atoms with Crippen molar-refractivity contribution in [3.05, 3.63) is 34.0 Å². The number of rotatable bonds is 1. The molecular weight excluding hydrogens is 315 g/mol. The van der Waals surface area contributed by atoms with Crippen LogP contribution in [0.25, 0.3) is 16.3 Å². The van der Waals surface area contributed by atoms with Gasteiger partial charge in [-0.1, -0.05) is 0 Å². The van der Waals surface area contributed by atoms with Crippen molar-refractivity contribution < 1.29 is 35.8 Å². The summed E-state index contributed by atoms with van der Waals surface area (Å²) in [6, 6.07) is 0. The van der Waals surface area contributed by atoms with Crippen LogP contribution in [0.15, 0.2) is 5.76 Å². The van der Waals surface area contributed by atoms with E-state index >= 15 is 0 Å². The first-order valence-corrected chi connectivity index (χ1v) is 5.55. The van der Waals surface area contributed by atoms with E-state index in [1.807, 2.05) is 0 Å². The van der Waals surface area contributed by atoms with Crippen molar-refractivity contribution >= 4 is 27.6 Å². The van der Waals surface area contributed by atoms with E-state index in [-0.39, 0.29) is 17.4 Å². The van der Waals surface area contributed by atoms with Gasteiger partial charge in [0, 0.05) is 6.08 Å². The molecule has 0 radical (unpaired) electrons. The summed E-state index contributed by atoms with van der Waals surface area (Å²) >= 11 is 0.136. The largest absolute Gasteiger partial charge is 0.504 e. The Morgan fingerprint density at radius 2 is 1.55 bits per heavy atom. The van der Waals surface area contributed by atoms with E-state index in [9.17, 15) is 30.7 Å². The van der Waals surface area contributed by atoms with Crippen molar-refractivity contribution in [2.75, 3.05) is 0 Å². The van der Waals surface area contributed by atoms with Crippen LogP contribution >= 0.6 is 11.3 Å². The minimum Gasteiger partial charge on any atom is -0.504 e. The smallest absolute Gasteiger partial charge is 0.448 e. The van der Waals surface area contributed by atoms with Gasteiger partial charge in [-0.25, -0.2) is 22.5 Å². The SMILES string of the molecule is O/C(=C\c1nc2c(F)c(F)c(F)c(F)c2s1)C(F)(F)F. The van der Waals surface area contributed by atoms with E-state index in [4.69, 9.17) is 5.11 Å². The van der Waals surface area contributed by atoms with E-state index in [0.29, 0.717) is 0 Å². The topological polar surface area (TPSA) is 33.1 Å². The molecule has 0 amide bonds. The minimum atomic E-state index is -5.08. The van der Waals surface area contributed by atoms with E-state index in [1.165, 1.54) is 0 Å². The highest BCUT2D eigenvalue weighted by atomic mass is 32.1. The normalized spacial score (nSPS) is 13.2. The number of allylic oxidation sites excluding steroid dienone is 1. The quantitative estimate of drug-likeness (QED) is 0.368. The summed E-state index contributed by atoms with van der Waals surface area (Å²) in [6.07, 6.45) is -4.98. The van der Waals surface area contributed by atoms with Gasteiger partial charge in [-0.15, -0.1) is 11.3 Å². The Morgan fingerprint density at radius 1 is 1.00 bits per heavy atom. The molecule has 10 heteroatoms. The first-order chi connectivity index (χ1) is 9.12. The van der Waals surface area contributed by atoms with Gasteiger partial charge in [0.25, 0.3) is 0 Å². The summed E-state index contributed by atoms with van der Waals surface area (Å²) in [4.78, 5) is 3.19. The number of thiazole rings is 1. The number of hydrogen-bond donors (Lipinski definition) is 1. The number of nitrogens with zero attached hydrogens (tertiary/aromatic N) is 1. The third-order valence-electron chi connectivity index (χ3n) is 2.18. The Balaban J connectivity index is 2.67. The summed E-state index contributed by atoms with van der Waals surface area (Å²) in [5.74, 6) is -9.84. The van der Waals surface area contributed by atoms with Gasteiger partial charge < -0.3 is 5.11 Å². The van der Waals surface area contributed by atoms with Gasteiger partial charge in [0.05, 0.1) is 4.70 Å². The van der Waals surface area contributed by atoms with Crippen LogP contribution in [0.4, 0.5) is 30.7 Å². The highest BCUT2D eigenvalue weighted by Crippen LogP contribution is 2.33. The molecule has 20 heavy (non-hydrogen) atoms. The van der Waals surface area contributed by atoms with Gasteiger partial charge in [-0.05, 0) is 0 Å². The first kappa shape index (κ1) is 14.6. The molecule has 0 unspecified atom stereocenters. The van der Waals surface area contributed by atoms with Crippen molar-refractivity contribution in [3.8, 4) is 0 Å². The summed E-state index contributed by atoms with van der Waals surface area (Å²) in [5.41, 5.74) is -0.951. The molecule has 0 spiro atoms. The lowest BCUT2D eigenvalue weighted by Gasteiger charge is -2.02. The molecule has 0 aliphatic carbocycles. The Hall–Kier alpha value is -1.84. The molecule has 2 rings (SSSR count). The molecule has 0 aliphatic heterocycles. The van der Waals surface area contributed by atoms with Crippen LogP contribution in [-0.2, 0) is 0 Å². The first-order valence-electron chi connectivity index (χ1n) is 4.73. The van der Waals surface area contributed by atoms with Crippen LogP contribution < -0.4 is 0 Å². The van der Waals surface area contributed by atoms with Crippen LogP contribution in [0.3, 0.4) is 0 Å². The number of aliphatic hydroxyl groups excluding tert-OH is 1. The third-order valence-corrected chi connectivity index (χ3v) is 3.17. The van der Waals surface area contributed by atoms with Crippen molar-refractivity contribution in [2.45, 2.75) is 6.18 Å². The van der Waals surface area contributed by atoms with Crippen LogP contribution in [0.2, 0.25) is 0 Å². The molecule has 0 saturated heterocycles. The average molecular weight is 317 g/mol. The third kappa shape index (κ3) is 2.30. The monoisotopic (exact) mass is 317 g/mol. The lowest BCUT2D eigenvalue weighted by molar-refractivity contribution is -0.119. The van der Waals surface area contributed by atoms with Gasteiger partial charge in [-0.2, -0.15) is 13.2 Å². The highest BCUT2D eigenvalue weighted by Gasteiger charge is 2.34. The molecule has 1 aromatic carbocycles. The molecule has 1 heterocycles. The second-order valence-electron chi connectivity index (χ2n) is 3.51. The summed E-state index contributed by atoms with van der Waals surface area (Å²) < 4.78 is 87.8. The molecule has 0 atom stereocenters. The minimum absolute atomic E-state index is 0.0966. The Morgan fingerprint density at radius 3 is 2.10 bits per heavy atom. The summed E-state index contributed by atoms with van der Waals surface area (Å²) in [6.45, 7) is 0. The Bertz CT molecular complexity index is 674. The number of aliphatic hydroxyl groups is 1. The standard InChI is InChI=1S/C10H2F7NOS/c11-4-5(12)7(14)9-8(6(4)13)18-3(20-9)1-2(19)10(15,16)17/h1,19H/b2-1-. The van der Waals surface area contributed by atoms with Crippen LogP contribution in [0.1, 0.15) is 5.01 Å². The van der Waals surface area contributed by atoms with Crippen molar-refractivity contribution in [1.29, 1.82) is 0 Å². The molecule has 0 aliphatic rings. The lowest BCUT2D eigenvalue weighted by atomic mass is 10.3. The number of aromatic nitrogens is 1. The molecule has 2 nitrogen and oxygen atoms in total. The molecule has 0 fully saturated rings. The maximum atomic E-state index is 13.3. The summed E-state index contributed by atoms with van der Waals surface area (Å²) in [7, 11) is 0. The number of hydrogen-bond acceptors (Lipinski definition) is 3. The van der Waals surface area contributed by atoms with E-state index in [1.54, 1.807) is 0 Å². The van der Waals surface area contributed by atoms with Crippen LogP contribution in [-0.4, -0.2) is 16.3 Å². The zero-order valence-corrected chi connectivity index (χ0v) is 9.84. The molecule has 0 saturated carbocycles. The van der Waals surface area contributed by atoms with Gasteiger partial charge in [-0.3, -0.25) is 0 Å². The second kappa shape index (κ2) is 4.62. The van der Waals surface area contributed by atoms with Gasteiger partial charge in [0.1, 0.15) is 10.5 Å². The zero-order chi connectivity index (χ0) is 15.2. The highest BCUT2D eigenvalue weighted by molar-refractivity contribution is 7.19. The van der Waals surface area contributed by atoms with Crippen molar-refractivity contribution in [1.82, 2.24) is 4.98 Å². The van der Waals surface area contributed by atoms with E-state index < -0.39 is 50.4 Å². The maximum absolute atomic E-state index is 13.3. The maximum Gasteiger partial charge on any atom is 0.448 e. The molecule has 108 valence electrons. The fraction of sp³-hybridized carbons (Fsp3) is 0.100. The fourth-order valence-corrected chi connectivity index (χ4v) is 2.22. The predicted octanol–water partition coefficient (Wildman–Crippen LogP) is 4.31. The van der Waals surface area contributed by atoms with E-state index in [0.717, 1.165) is 0 Å². The van der Waals surface area contributed by atoms with E-state index in [2.05, 4.69) is 4.98 Å². The van der Waals surface area contributed by atoms with Crippen molar-refractivity contribution in [2.24, 2.45) is 0 Å². The average Bonchev–Trinajstić information content (AvgIpc) is 2.76. The molecule has 1 N–H and O–H groups in total. The molecular formula is C10H2F7NOS. The molecule has 1 aromatic heterocycles. The van der Waals surface area contributed by atoms with Crippen molar-refractivity contribution in [3.63, 3.8) is 0 Å². The number of alkyl halides is 3. The van der Waals surface area contributed by atoms with Crippen LogP contribution in [0.5, 0.6) is 0 Å². The predicted molar refractivity (Wildman–Crippen MR) is 56.1 cm³/mol.